The van der Waals surface area contributed by atoms with E-state index in [4.69, 9.17) is 5.73 Å². The number of rotatable bonds is 3. The molecule has 0 aliphatic heterocycles. The Kier molecular flexibility index (Phi) is 3.97. The Labute approximate surface area is 118 Å². The van der Waals surface area contributed by atoms with Gasteiger partial charge in [-0.25, -0.2) is 4.79 Å². The van der Waals surface area contributed by atoms with E-state index in [2.05, 4.69) is 5.32 Å². The number of anilines is 1. The van der Waals surface area contributed by atoms with Crippen LogP contribution in [-0.4, -0.2) is 22.5 Å². The smallest absolute Gasteiger partial charge is 0.329 e. The van der Waals surface area contributed by atoms with E-state index >= 15 is 0 Å². The number of carboxylic acid groups (broad SMARTS) is 1. The highest BCUT2D eigenvalue weighted by molar-refractivity contribution is 5.98. The lowest BCUT2D eigenvalue weighted by atomic mass is 9.81. The van der Waals surface area contributed by atoms with E-state index in [0.29, 0.717) is 24.1 Å². The fourth-order valence-electron chi connectivity index (χ4n) is 2.62. The van der Waals surface area contributed by atoms with Crippen LogP contribution in [0.3, 0.4) is 0 Å². The third kappa shape index (κ3) is 2.76. The van der Waals surface area contributed by atoms with Crippen LogP contribution in [0.4, 0.5) is 5.69 Å². The van der Waals surface area contributed by atoms with Crippen molar-refractivity contribution in [3.05, 3.63) is 29.3 Å². The number of hydrogen-bond acceptors (Lipinski definition) is 3. The van der Waals surface area contributed by atoms with Gasteiger partial charge in [-0.15, -0.1) is 0 Å². The topological polar surface area (TPSA) is 92.4 Å². The first-order valence-electron chi connectivity index (χ1n) is 6.87. The van der Waals surface area contributed by atoms with Gasteiger partial charge in [0.05, 0.1) is 0 Å². The molecule has 1 fully saturated rings. The van der Waals surface area contributed by atoms with Crippen molar-refractivity contribution >= 4 is 17.6 Å². The molecule has 1 aliphatic rings. The molecule has 20 heavy (non-hydrogen) atoms. The molecule has 1 amide bonds. The number of aliphatic carboxylic acids is 1. The fourth-order valence-corrected chi connectivity index (χ4v) is 2.62. The lowest BCUT2D eigenvalue weighted by Crippen LogP contribution is -2.55. The summed E-state index contributed by atoms with van der Waals surface area (Å²) in [7, 11) is 0. The molecule has 4 N–H and O–H groups in total. The van der Waals surface area contributed by atoms with Gasteiger partial charge >= 0.3 is 5.97 Å². The van der Waals surface area contributed by atoms with Crippen LogP contribution in [0.1, 0.15) is 48.0 Å². The zero-order chi connectivity index (χ0) is 14.8. The molecule has 0 spiro atoms. The molecule has 5 heteroatoms. The number of hydrogen-bond donors (Lipinski definition) is 3. The van der Waals surface area contributed by atoms with Crippen molar-refractivity contribution in [2.45, 2.75) is 44.6 Å². The van der Waals surface area contributed by atoms with Crippen molar-refractivity contribution in [1.82, 2.24) is 5.32 Å². The van der Waals surface area contributed by atoms with Gasteiger partial charge in [-0.05, 0) is 37.5 Å². The van der Waals surface area contributed by atoms with Crippen molar-refractivity contribution in [2.24, 2.45) is 0 Å². The molecule has 1 aromatic carbocycles. The number of nitrogen functional groups attached to an aromatic ring is 1. The molecule has 0 radical (unpaired) electrons. The minimum atomic E-state index is -1.13. The quantitative estimate of drug-likeness (QED) is 0.737. The first kappa shape index (κ1) is 14.4. The predicted molar refractivity (Wildman–Crippen MR) is 76.5 cm³/mol. The summed E-state index contributed by atoms with van der Waals surface area (Å²) in [6.07, 6.45) is 3.62. The van der Waals surface area contributed by atoms with Crippen molar-refractivity contribution in [2.75, 3.05) is 5.73 Å². The number of nitrogens with one attached hydrogen (secondary N) is 1. The number of carbonyl (C=O) groups is 2. The molecule has 0 aromatic heterocycles. The standard InChI is InChI=1S/C15H20N2O3/c1-10-5-6-11(9-12(10)16)13(18)17-15(14(19)20)7-3-2-4-8-15/h5-6,9H,2-4,7-8,16H2,1H3,(H,17,18)(H,19,20). The number of carbonyl (C=O) groups excluding carboxylic acids is 1. The van der Waals surface area contributed by atoms with Crippen LogP contribution in [0.5, 0.6) is 0 Å². The van der Waals surface area contributed by atoms with Gasteiger partial charge in [0.2, 0.25) is 0 Å². The molecule has 1 saturated carbocycles. The third-order valence-corrected chi connectivity index (χ3v) is 4.01. The molecule has 0 unspecified atom stereocenters. The molecule has 0 saturated heterocycles. The summed E-state index contributed by atoms with van der Waals surface area (Å²) in [6, 6.07) is 5.01. The fraction of sp³-hybridized carbons (Fsp3) is 0.467. The molecule has 0 bridgehead atoms. The highest BCUT2D eigenvalue weighted by atomic mass is 16.4. The van der Waals surface area contributed by atoms with Gasteiger partial charge in [-0.2, -0.15) is 0 Å². The van der Waals surface area contributed by atoms with Crippen molar-refractivity contribution < 1.29 is 14.7 Å². The summed E-state index contributed by atoms with van der Waals surface area (Å²) in [6.45, 7) is 1.86. The maximum Gasteiger partial charge on any atom is 0.329 e. The van der Waals surface area contributed by atoms with E-state index < -0.39 is 11.5 Å². The minimum Gasteiger partial charge on any atom is -0.480 e. The second-order valence-electron chi connectivity index (χ2n) is 5.47. The first-order chi connectivity index (χ1) is 9.44. The summed E-state index contributed by atoms with van der Waals surface area (Å²) in [5.74, 6) is -1.33. The van der Waals surface area contributed by atoms with E-state index in [0.717, 1.165) is 24.8 Å². The van der Waals surface area contributed by atoms with E-state index in [1.807, 2.05) is 6.92 Å². The van der Waals surface area contributed by atoms with Gasteiger partial charge < -0.3 is 16.2 Å². The highest BCUT2D eigenvalue weighted by Gasteiger charge is 2.41. The van der Waals surface area contributed by atoms with Crippen LogP contribution in [0, 0.1) is 6.92 Å². The second-order valence-corrected chi connectivity index (χ2v) is 5.47. The Hall–Kier alpha value is -2.04. The van der Waals surface area contributed by atoms with Gasteiger partial charge in [0.1, 0.15) is 5.54 Å². The molecule has 0 heterocycles. The normalized spacial score (nSPS) is 17.4. The zero-order valence-corrected chi connectivity index (χ0v) is 11.6. The number of aryl methyl sites for hydroxylation is 1. The van der Waals surface area contributed by atoms with Crippen molar-refractivity contribution in [1.29, 1.82) is 0 Å². The Bertz CT molecular complexity index is 534. The zero-order valence-electron chi connectivity index (χ0n) is 11.6. The van der Waals surface area contributed by atoms with E-state index in [1.165, 1.54) is 0 Å². The van der Waals surface area contributed by atoms with Crippen LogP contribution < -0.4 is 11.1 Å². The van der Waals surface area contributed by atoms with Crippen molar-refractivity contribution in [3.63, 3.8) is 0 Å². The maximum absolute atomic E-state index is 12.3. The molecule has 5 nitrogen and oxygen atoms in total. The largest absolute Gasteiger partial charge is 0.480 e. The predicted octanol–water partition coefficient (Wildman–Crippen LogP) is 2.09. The third-order valence-electron chi connectivity index (χ3n) is 4.01. The average molecular weight is 276 g/mol. The number of carboxylic acids is 1. The summed E-state index contributed by atoms with van der Waals surface area (Å²) >= 11 is 0. The lowest BCUT2D eigenvalue weighted by molar-refractivity contribution is -0.145. The van der Waals surface area contributed by atoms with Gasteiger partial charge in [0.25, 0.3) is 5.91 Å². The summed E-state index contributed by atoms with van der Waals surface area (Å²) in [5.41, 5.74) is 6.49. The summed E-state index contributed by atoms with van der Waals surface area (Å²) in [5, 5.41) is 12.1. The Balaban J connectivity index is 2.20. The Morgan fingerprint density at radius 1 is 1.25 bits per heavy atom. The van der Waals surface area contributed by atoms with Gasteiger partial charge in [0, 0.05) is 11.3 Å². The number of nitrogens with two attached hydrogens (primary N) is 1. The molecule has 108 valence electrons. The molecule has 1 aliphatic carbocycles. The minimum absolute atomic E-state index is 0.374. The van der Waals surface area contributed by atoms with Gasteiger partial charge in [-0.3, -0.25) is 4.79 Å². The van der Waals surface area contributed by atoms with E-state index in [-0.39, 0.29) is 5.91 Å². The van der Waals surface area contributed by atoms with E-state index in [9.17, 15) is 14.7 Å². The molecule has 1 aromatic rings. The first-order valence-corrected chi connectivity index (χ1v) is 6.87. The van der Waals surface area contributed by atoms with Crippen LogP contribution in [0.2, 0.25) is 0 Å². The Morgan fingerprint density at radius 3 is 2.45 bits per heavy atom. The SMILES string of the molecule is Cc1ccc(C(=O)NC2(C(=O)O)CCCCC2)cc1N. The van der Waals surface area contributed by atoms with Gasteiger partial charge in [-0.1, -0.05) is 25.3 Å². The van der Waals surface area contributed by atoms with Crippen LogP contribution in [0.15, 0.2) is 18.2 Å². The summed E-state index contributed by atoms with van der Waals surface area (Å²) < 4.78 is 0. The highest BCUT2D eigenvalue weighted by Crippen LogP contribution is 2.29. The lowest BCUT2D eigenvalue weighted by Gasteiger charge is -2.34. The molecule has 0 atom stereocenters. The number of benzene rings is 1. The number of amides is 1. The van der Waals surface area contributed by atoms with Crippen LogP contribution >= 0.6 is 0 Å². The monoisotopic (exact) mass is 276 g/mol. The molecular formula is C15H20N2O3. The van der Waals surface area contributed by atoms with Crippen LogP contribution in [0.25, 0.3) is 0 Å². The van der Waals surface area contributed by atoms with Gasteiger partial charge in [0.15, 0.2) is 0 Å². The molecular weight excluding hydrogens is 256 g/mol. The van der Waals surface area contributed by atoms with Crippen LogP contribution in [-0.2, 0) is 4.79 Å². The maximum atomic E-state index is 12.3. The average Bonchev–Trinajstić information content (AvgIpc) is 2.42. The Morgan fingerprint density at radius 2 is 1.90 bits per heavy atom. The second kappa shape index (κ2) is 5.53. The van der Waals surface area contributed by atoms with Crippen molar-refractivity contribution in [3.8, 4) is 0 Å². The molecule has 2 rings (SSSR count). The summed E-state index contributed by atoms with van der Waals surface area (Å²) in [4.78, 5) is 23.8. The van der Waals surface area contributed by atoms with E-state index in [1.54, 1.807) is 18.2 Å².